The van der Waals surface area contributed by atoms with Gasteiger partial charge in [0.15, 0.2) is 5.52 Å². The van der Waals surface area contributed by atoms with Crippen molar-refractivity contribution in [3.05, 3.63) is 0 Å². The van der Waals surface area contributed by atoms with Gasteiger partial charge in [0, 0.05) is 18.4 Å². The van der Waals surface area contributed by atoms with E-state index >= 15 is 0 Å². The van der Waals surface area contributed by atoms with Crippen LogP contribution in [0.4, 0.5) is 0 Å². The Morgan fingerprint density at radius 3 is 2.03 bits per heavy atom. The summed E-state index contributed by atoms with van der Waals surface area (Å²) in [6.45, 7) is 8.86. The number of carbonyl (C=O) groups is 5. The molecule has 0 fully saturated rings. The number of carboxylic acids is 2. The third kappa shape index (κ3) is 12.1. The van der Waals surface area contributed by atoms with Gasteiger partial charge in [-0.05, 0) is 60.4 Å². The molecule has 0 saturated carbocycles. The Balaban J connectivity index is 4.47. The summed E-state index contributed by atoms with van der Waals surface area (Å²) < 4.78 is 0. The van der Waals surface area contributed by atoms with Crippen LogP contribution in [0.1, 0.15) is 59.3 Å². The van der Waals surface area contributed by atoms with Gasteiger partial charge < -0.3 is 26.2 Å². The third-order valence-corrected chi connectivity index (χ3v) is 6.64. The molecule has 2 amide bonds. The van der Waals surface area contributed by atoms with E-state index in [1.807, 2.05) is 13.3 Å². The highest BCUT2D eigenvalue weighted by Gasteiger charge is 2.34. The lowest BCUT2D eigenvalue weighted by Gasteiger charge is -2.27. The molecule has 0 rings (SSSR count). The highest BCUT2D eigenvalue weighted by atomic mass is 31.1. The fourth-order valence-corrected chi connectivity index (χ4v) is 4.21. The van der Waals surface area contributed by atoms with Gasteiger partial charge in [-0.1, -0.05) is 20.8 Å². The minimum Gasteiger partial charge on any atom is -0.481 e. The smallest absolute Gasteiger partial charge is 0.326 e. The number of carbonyl (C=O) groups excluding carboxylic acids is 3. The molecular weight excluding hydrogens is 449 g/mol. The monoisotopic (exact) mass is 489 g/mol. The van der Waals surface area contributed by atoms with Gasteiger partial charge in [-0.3, -0.25) is 19.2 Å². The molecule has 0 spiro atoms. The molecule has 190 valence electrons. The molecule has 0 aromatic carbocycles. The maximum atomic E-state index is 12.5. The number of likely N-dealkylation sites (N-methyl/N-ethyl adjacent to an activating group) is 1. The molecule has 0 bridgehead atoms. The van der Waals surface area contributed by atoms with Crippen molar-refractivity contribution in [2.24, 2.45) is 11.3 Å². The van der Waals surface area contributed by atoms with Crippen LogP contribution < -0.4 is 16.0 Å². The second kappa shape index (κ2) is 15.0. The van der Waals surface area contributed by atoms with E-state index in [4.69, 9.17) is 5.11 Å². The zero-order valence-electron chi connectivity index (χ0n) is 20.6. The van der Waals surface area contributed by atoms with Crippen molar-refractivity contribution in [2.75, 3.05) is 26.9 Å². The summed E-state index contributed by atoms with van der Waals surface area (Å²) in [7, 11) is 1.10. The van der Waals surface area contributed by atoms with Crippen LogP contribution in [0.2, 0.25) is 0 Å². The maximum Gasteiger partial charge on any atom is 0.326 e. The van der Waals surface area contributed by atoms with Crippen LogP contribution in [-0.2, 0) is 24.0 Å². The molecule has 1 unspecified atom stereocenters. The number of hydrogen-bond acceptors (Lipinski definition) is 6. The van der Waals surface area contributed by atoms with Crippen LogP contribution in [0.15, 0.2) is 0 Å². The molecule has 0 aromatic rings. The number of hydrogen-bond donors (Lipinski definition) is 5. The Morgan fingerprint density at radius 2 is 1.55 bits per heavy atom. The Bertz CT molecular complexity index is 697. The fourth-order valence-electron chi connectivity index (χ4n) is 3.32. The van der Waals surface area contributed by atoms with Crippen LogP contribution in [0.5, 0.6) is 0 Å². The molecule has 0 aliphatic carbocycles. The van der Waals surface area contributed by atoms with E-state index in [0.717, 1.165) is 6.42 Å². The van der Waals surface area contributed by atoms with E-state index in [0.29, 0.717) is 19.4 Å². The lowest BCUT2D eigenvalue weighted by molar-refractivity contribution is -0.146. The summed E-state index contributed by atoms with van der Waals surface area (Å²) in [4.78, 5) is 59.2. The first-order chi connectivity index (χ1) is 15.2. The summed E-state index contributed by atoms with van der Waals surface area (Å²) in [5.41, 5.74) is -0.851. The summed E-state index contributed by atoms with van der Waals surface area (Å²) in [6, 6.07) is -1.42. The summed E-state index contributed by atoms with van der Waals surface area (Å²) in [6.07, 6.45) is 2.05. The van der Waals surface area contributed by atoms with Crippen molar-refractivity contribution in [1.29, 1.82) is 0 Å². The van der Waals surface area contributed by atoms with Gasteiger partial charge >= 0.3 is 11.9 Å². The molecular formula is C22H40N3O7P. The SMILES string of the molecule is CN[C@@H](CCCCNC(=O)CC[C@H](NC(=O)C(C)(C)CC(C)C(=O)O)C(=O)O)C(=O)P(C)C. The first-order valence-electron chi connectivity index (χ1n) is 11.1. The average Bonchev–Trinajstić information content (AvgIpc) is 2.72. The highest BCUT2D eigenvalue weighted by molar-refractivity contribution is 7.73. The molecule has 10 nitrogen and oxygen atoms in total. The van der Waals surface area contributed by atoms with Crippen molar-refractivity contribution < 1.29 is 34.2 Å². The zero-order valence-corrected chi connectivity index (χ0v) is 21.5. The Morgan fingerprint density at radius 1 is 0.939 bits per heavy atom. The first kappa shape index (κ1) is 30.9. The average molecular weight is 490 g/mol. The van der Waals surface area contributed by atoms with Crippen LogP contribution in [0.25, 0.3) is 0 Å². The maximum absolute atomic E-state index is 12.5. The van der Waals surface area contributed by atoms with E-state index in [1.54, 1.807) is 20.9 Å². The van der Waals surface area contributed by atoms with Gasteiger partial charge in [0.05, 0.1) is 12.0 Å². The Labute approximate surface area is 197 Å². The molecule has 0 aliphatic rings. The zero-order chi connectivity index (χ0) is 25.8. The molecule has 5 N–H and O–H groups in total. The molecule has 0 heterocycles. The summed E-state index contributed by atoms with van der Waals surface area (Å²) >= 11 is 0. The summed E-state index contributed by atoms with van der Waals surface area (Å²) in [5, 5.41) is 26.6. The van der Waals surface area contributed by atoms with Gasteiger partial charge in [-0.15, -0.1) is 0 Å². The number of nitrogens with one attached hydrogen (secondary N) is 3. The Kier molecular flexibility index (Phi) is 14.0. The van der Waals surface area contributed by atoms with Gasteiger partial charge in [-0.25, -0.2) is 4.79 Å². The lowest BCUT2D eigenvalue weighted by atomic mass is 9.82. The fraction of sp³-hybridized carbons (Fsp3) is 0.773. The van der Waals surface area contributed by atoms with E-state index in [-0.39, 0.29) is 36.7 Å². The summed E-state index contributed by atoms with van der Waals surface area (Å²) in [5.74, 6) is -3.93. The normalized spacial score (nSPS) is 14.3. The molecule has 0 radical (unpaired) electrons. The minimum absolute atomic E-state index is 0.0547. The molecule has 0 aliphatic heterocycles. The molecule has 0 aromatic heterocycles. The van der Waals surface area contributed by atoms with Gasteiger partial charge in [-0.2, -0.15) is 0 Å². The standard InChI is InChI=1S/C22H40N3O7P/c1-14(18(27)28)13-22(2,3)21(32)25-15(19(29)30)10-11-17(26)24-12-8-7-9-16(23-4)20(31)33(5)6/h14-16,23H,7-13H2,1-6H3,(H,24,26)(H,25,32)(H,27,28)(H,29,30)/t14?,15-,16-/m0/s1. The number of carboxylic acid groups (broad SMARTS) is 2. The molecule has 11 heteroatoms. The minimum atomic E-state index is -1.26. The van der Waals surface area contributed by atoms with Gasteiger partial charge in [0.1, 0.15) is 6.04 Å². The van der Waals surface area contributed by atoms with Crippen LogP contribution >= 0.6 is 7.92 Å². The number of aliphatic carboxylic acids is 2. The third-order valence-electron chi connectivity index (χ3n) is 5.45. The number of rotatable bonds is 17. The lowest BCUT2D eigenvalue weighted by Crippen LogP contribution is -2.47. The first-order valence-corrected chi connectivity index (χ1v) is 13.4. The second-order valence-corrected chi connectivity index (χ2v) is 11.4. The predicted octanol–water partition coefficient (Wildman–Crippen LogP) is 1.62. The second-order valence-electron chi connectivity index (χ2n) is 9.15. The van der Waals surface area contributed by atoms with Crippen LogP contribution in [0, 0.1) is 11.3 Å². The van der Waals surface area contributed by atoms with Gasteiger partial charge in [0.25, 0.3) is 0 Å². The topological polar surface area (TPSA) is 162 Å². The van der Waals surface area contributed by atoms with E-state index < -0.39 is 43.1 Å². The van der Waals surface area contributed by atoms with Crippen molar-refractivity contribution in [3.8, 4) is 0 Å². The largest absolute Gasteiger partial charge is 0.481 e. The van der Waals surface area contributed by atoms with Crippen molar-refractivity contribution in [1.82, 2.24) is 16.0 Å². The highest BCUT2D eigenvalue weighted by Crippen LogP contribution is 2.28. The van der Waals surface area contributed by atoms with Crippen LogP contribution in [0.3, 0.4) is 0 Å². The predicted molar refractivity (Wildman–Crippen MR) is 127 cm³/mol. The van der Waals surface area contributed by atoms with E-state index in [9.17, 15) is 29.1 Å². The molecule has 33 heavy (non-hydrogen) atoms. The number of amides is 2. The van der Waals surface area contributed by atoms with Crippen LogP contribution in [-0.4, -0.2) is 78.5 Å². The van der Waals surface area contributed by atoms with E-state index in [1.165, 1.54) is 6.92 Å². The van der Waals surface area contributed by atoms with Crippen molar-refractivity contribution >= 4 is 37.2 Å². The molecule has 0 saturated heterocycles. The number of unbranched alkanes of at least 4 members (excludes halogenated alkanes) is 1. The van der Waals surface area contributed by atoms with Crippen molar-refractivity contribution in [2.45, 2.75) is 71.4 Å². The Hall–Kier alpha value is -2.06. The van der Waals surface area contributed by atoms with Crippen molar-refractivity contribution in [3.63, 3.8) is 0 Å². The molecule has 3 atom stereocenters. The quantitative estimate of drug-likeness (QED) is 0.152. The van der Waals surface area contributed by atoms with E-state index in [2.05, 4.69) is 16.0 Å². The van der Waals surface area contributed by atoms with Gasteiger partial charge in [0.2, 0.25) is 11.8 Å².